The summed E-state index contributed by atoms with van der Waals surface area (Å²) in [5.74, 6) is 0.487. The van der Waals surface area contributed by atoms with Gasteiger partial charge < -0.3 is 5.32 Å². The molecule has 0 amide bonds. The number of nitro groups is 1. The molecule has 1 aromatic carbocycles. The molecule has 0 spiro atoms. The van der Waals surface area contributed by atoms with Crippen molar-refractivity contribution in [1.29, 1.82) is 0 Å². The predicted octanol–water partition coefficient (Wildman–Crippen LogP) is 3.02. The number of carbonyl (C=O) groups excluding carboxylic acids is 1. The number of rotatable bonds is 8. The highest BCUT2D eigenvalue weighted by molar-refractivity contribution is 8.01. The monoisotopic (exact) mass is 336 g/mol. The number of anilines is 1. The van der Waals surface area contributed by atoms with E-state index in [1.165, 1.54) is 41.3 Å². The van der Waals surface area contributed by atoms with Crippen LogP contribution in [0, 0.1) is 10.1 Å². The van der Waals surface area contributed by atoms with Crippen LogP contribution in [0.15, 0.2) is 41.3 Å². The maximum atomic E-state index is 12.0. The molecule has 2 aromatic rings. The summed E-state index contributed by atoms with van der Waals surface area (Å²) in [6, 6.07) is 5.64. The molecule has 0 saturated carbocycles. The summed E-state index contributed by atoms with van der Waals surface area (Å²) in [6.07, 6.45) is 1.77. The van der Waals surface area contributed by atoms with Crippen molar-refractivity contribution < 1.29 is 9.72 Å². The Hall–Kier alpha value is -2.26. The Bertz CT molecular complexity index is 702. The van der Waals surface area contributed by atoms with E-state index in [-0.39, 0.29) is 23.6 Å². The van der Waals surface area contributed by atoms with Crippen molar-refractivity contribution in [3.63, 3.8) is 0 Å². The lowest BCUT2D eigenvalue weighted by Gasteiger charge is -2.01. The molecule has 9 heteroatoms. The number of hydrogen-bond acceptors (Lipinski definition) is 8. The van der Waals surface area contributed by atoms with Gasteiger partial charge in [0.05, 0.1) is 11.5 Å². The number of non-ortho nitro benzene ring substituents is 1. The van der Waals surface area contributed by atoms with Crippen molar-refractivity contribution >= 4 is 39.7 Å². The maximum Gasteiger partial charge on any atom is 0.270 e. The molecule has 0 unspecified atom stereocenters. The van der Waals surface area contributed by atoms with Gasteiger partial charge in [-0.05, 0) is 0 Å². The van der Waals surface area contributed by atoms with E-state index in [2.05, 4.69) is 22.1 Å². The van der Waals surface area contributed by atoms with E-state index in [1.807, 2.05) is 0 Å². The fourth-order valence-corrected chi connectivity index (χ4v) is 3.03. The van der Waals surface area contributed by atoms with E-state index in [9.17, 15) is 14.9 Å². The molecule has 1 heterocycles. The normalized spacial score (nSPS) is 10.2. The van der Waals surface area contributed by atoms with Gasteiger partial charge in [0, 0.05) is 23.4 Å². The van der Waals surface area contributed by atoms with Crippen molar-refractivity contribution in [2.75, 3.05) is 17.6 Å². The topological polar surface area (TPSA) is 98.0 Å². The minimum Gasteiger partial charge on any atom is -0.353 e. The number of aromatic nitrogens is 2. The molecule has 0 bridgehead atoms. The molecular formula is C13H12N4O3S2. The summed E-state index contributed by atoms with van der Waals surface area (Å²) >= 11 is 2.84. The van der Waals surface area contributed by atoms with Gasteiger partial charge in [-0.1, -0.05) is 41.3 Å². The van der Waals surface area contributed by atoms with Crippen molar-refractivity contribution in [3.8, 4) is 0 Å². The number of benzene rings is 1. The van der Waals surface area contributed by atoms with Crippen LogP contribution in [-0.2, 0) is 0 Å². The number of ketones is 1. The second-order valence-electron chi connectivity index (χ2n) is 4.06. The van der Waals surface area contributed by atoms with E-state index in [4.69, 9.17) is 0 Å². The van der Waals surface area contributed by atoms with E-state index < -0.39 is 4.92 Å². The van der Waals surface area contributed by atoms with Gasteiger partial charge in [0.15, 0.2) is 10.1 Å². The molecule has 0 fully saturated rings. The summed E-state index contributed by atoms with van der Waals surface area (Å²) in [6.45, 7) is 3.62. The standard InChI is InChI=1S/C13H12N4O3S2/c1-2-6-21-13-16-15-12(22-13)14-8-11(18)9-4-3-5-10(7-9)17(19)20/h2-5,7H,1,6,8H2,(H,14,15). The van der Waals surface area contributed by atoms with Crippen LogP contribution < -0.4 is 5.32 Å². The molecule has 114 valence electrons. The first-order chi connectivity index (χ1) is 10.6. The Morgan fingerprint density at radius 1 is 1.50 bits per heavy atom. The van der Waals surface area contributed by atoms with Crippen molar-refractivity contribution in [2.24, 2.45) is 0 Å². The van der Waals surface area contributed by atoms with E-state index in [0.717, 1.165) is 10.1 Å². The summed E-state index contributed by atoms with van der Waals surface area (Å²) in [4.78, 5) is 22.2. The van der Waals surface area contributed by atoms with E-state index in [1.54, 1.807) is 12.1 Å². The predicted molar refractivity (Wildman–Crippen MR) is 86.7 cm³/mol. The van der Waals surface area contributed by atoms with Gasteiger partial charge in [-0.2, -0.15) is 0 Å². The van der Waals surface area contributed by atoms with E-state index in [0.29, 0.717) is 5.13 Å². The highest BCUT2D eigenvalue weighted by Crippen LogP contribution is 2.25. The first kappa shape index (κ1) is 16.1. The zero-order valence-corrected chi connectivity index (χ0v) is 13.0. The van der Waals surface area contributed by atoms with Crippen LogP contribution in [0.2, 0.25) is 0 Å². The fraction of sp³-hybridized carbons (Fsp3) is 0.154. The Labute approximate surface area is 134 Å². The molecule has 22 heavy (non-hydrogen) atoms. The molecule has 0 saturated heterocycles. The molecule has 7 nitrogen and oxygen atoms in total. The zero-order valence-electron chi connectivity index (χ0n) is 11.4. The van der Waals surface area contributed by atoms with Crippen LogP contribution in [0.25, 0.3) is 0 Å². The molecule has 2 rings (SSSR count). The lowest BCUT2D eigenvalue weighted by molar-refractivity contribution is -0.384. The first-order valence-corrected chi connectivity index (χ1v) is 7.99. The third kappa shape index (κ3) is 4.37. The highest BCUT2D eigenvalue weighted by Gasteiger charge is 2.12. The number of nitro benzene ring substituents is 1. The Morgan fingerprint density at radius 3 is 3.05 bits per heavy atom. The number of thioether (sulfide) groups is 1. The van der Waals surface area contributed by atoms with Gasteiger partial charge in [-0.15, -0.1) is 16.8 Å². The van der Waals surface area contributed by atoms with Crippen LogP contribution in [0.4, 0.5) is 10.8 Å². The summed E-state index contributed by atoms with van der Waals surface area (Å²) in [7, 11) is 0. The van der Waals surface area contributed by atoms with Crippen LogP contribution in [0.5, 0.6) is 0 Å². The molecule has 0 atom stereocenters. The second kappa shape index (κ2) is 7.66. The molecule has 1 aromatic heterocycles. The van der Waals surface area contributed by atoms with Crippen molar-refractivity contribution in [2.45, 2.75) is 4.34 Å². The lowest BCUT2D eigenvalue weighted by Crippen LogP contribution is -2.14. The Kier molecular flexibility index (Phi) is 5.61. The van der Waals surface area contributed by atoms with Crippen molar-refractivity contribution in [3.05, 3.63) is 52.6 Å². The van der Waals surface area contributed by atoms with Gasteiger partial charge >= 0.3 is 0 Å². The SMILES string of the molecule is C=CCSc1nnc(NCC(=O)c2cccc([N+](=O)[O-])c2)s1. The van der Waals surface area contributed by atoms with Gasteiger partial charge in [0.1, 0.15) is 0 Å². The van der Waals surface area contributed by atoms with Gasteiger partial charge in [0.2, 0.25) is 5.13 Å². The van der Waals surface area contributed by atoms with Crippen molar-refractivity contribution in [1.82, 2.24) is 10.2 Å². The van der Waals surface area contributed by atoms with Crippen LogP contribution in [-0.4, -0.2) is 33.2 Å². The average Bonchev–Trinajstić information content (AvgIpc) is 2.98. The smallest absolute Gasteiger partial charge is 0.270 e. The Balaban J connectivity index is 1.95. The molecule has 0 aliphatic carbocycles. The van der Waals surface area contributed by atoms with Crippen LogP contribution in [0.3, 0.4) is 0 Å². The molecule has 0 aliphatic heterocycles. The van der Waals surface area contributed by atoms with E-state index >= 15 is 0 Å². The first-order valence-electron chi connectivity index (χ1n) is 6.19. The number of hydrogen-bond donors (Lipinski definition) is 1. The molecule has 1 N–H and O–H groups in total. The average molecular weight is 336 g/mol. The summed E-state index contributed by atoms with van der Waals surface area (Å²) < 4.78 is 0.783. The number of nitrogens with one attached hydrogen (secondary N) is 1. The second-order valence-corrected chi connectivity index (χ2v) is 6.30. The molecule has 0 aliphatic rings. The third-order valence-corrected chi connectivity index (χ3v) is 4.52. The minimum atomic E-state index is -0.530. The van der Waals surface area contributed by atoms with Crippen LogP contribution >= 0.6 is 23.1 Å². The largest absolute Gasteiger partial charge is 0.353 e. The number of carbonyl (C=O) groups is 1. The number of nitrogens with zero attached hydrogens (tertiary/aromatic N) is 3. The quantitative estimate of drug-likeness (QED) is 0.260. The lowest BCUT2D eigenvalue weighted by atomic mass is 10.1. The minimum absolute atomic E-state index is 0.00191. The maximum absolute atomic E-state index is 12.0. The zero-order chi connectivity index (χ0) is 15.9. The van der Waals surface area contributed by atoms with Gasteiger partial charge in [-0.3, -0.25) is 14.9 Å². The molecule has 0 radical (unpaired) electrons. The molecular weight excluding hydrogens is 324 g/mol. The van der Waals surface area contributed by atoms with Gasteiger partial charge in [0.25, 0.3) is 5.69 Å². The Morgan fingerprint density at radius 2 is 2.32 bits per heavy atom. The van der Waals surface area contributed by atoms with Crippen LogP contribution in [0.1, 0.15) is 10.4 Å². The van der Waals surface area contributed by atoms with Gasteiger partial charge in [-0.25, -0.2) is 0 Å². The highest BCUT2D eigenvalue weighted by atomic mass is 32.2. The number of Topliss-reactive ketones (excluding diaryl/α,β-unsaturated/α-hetero) is 1. The fourth-order valence-electron chi connectivity index (χ4n) is 1.52. The summed E-state index contributed by atoms with van der Waals surface area (Å²) in [5, 5.41) is 22.0. The summed E-state index contributed by atoms with van der Waals surface area (Å²) in [5.41, 5.74) is 0.178. The third-order valence-electron chi connectivity index (χ3n) is 2.51.